The van der Waals surface area contributed by atoms with Gasteiger partial charge in [0.25, 0.3) is 5.56 Å². The van der Waals surface area contributed by atoms with Gasteiger partial charge in [-0.2, -0.15) is 13.2 Å². The molecule has 0 radical (unpaired) electrons. The van der Waals surface area contributed by atoms with Crippen molar-refractivity contribution in [1.29, 1.82) is 0 Å². The fourth-order valence-corrected chi connectivity index (χ4v) is 6.28. The number of aromatic nitrogens is 3. The molecule has 1 aliphatic rings. The third-order valence-electron chi connectivity index (χ3n) is 5.99. The lowest BCUT2D eigenvalue weighted by atomic mass is 10.1. The summed E-state index contributed by atoms with van der Waals surface area (Å²) in [5.41, 5.74) is -1.17. The first-order chi connectivity index (χ1) is 18.6. The van der Waals surface area contributed by atoms with E-state index in [1.807, 2.05) is 0 Å². The number of carbonyl (C=O) groups is 1. The molecule has 1 saturated heterocycles. The van der Waals surface area contributed by atoms with Gasteiger partial charge in [-0.15, -0.1) is 0 Å². The van der Waals surface area contributed by atoms with Crippen molar-refractivity contribution in [2.75, 3.05) is 17.7 Å². The van der Waals surface area contributed by atoms with Gasteiger partial charge in [-0.3, -0.25) is 14.2 Å². The lowest BCUT2D eigenvalue weighted by Crippen LogP contribution is -2.24. The van der Waals surface area contributed by atoms with Gasteiger partial charge in [0.1, 0.15) is 10.5 Å². The zero-order valence-electron chi connectivity index (χ0n) is 20.0. The molecule has 14 heteroatoms. The summed E-state index contributed by atoms with van der Waals surface area (Å²) in [7, 11) is 0. The number of halogens is 4. The minimum atomic E-state index is -4.65. The number of benzene rings is 2. The molecule has 1 N–H and O–H groups in total. The Morgan fingerprint density at radius 2 is 1.95 bits per heavy atom. The van der Waals surface area contributed by atoms with Crippen LogP contribution in [0.3, 0.4) is 0 Å². The Morgan fingerprint density at radius 1 is 1.21 bits per heavy atom. The average Bonchev–Trinajstić information content (AvgIpc) is 3.52. The number of rotatable bonds is 7. The van der Waals surface area contributed by atoms with Crippen molar-refractivity contribution in [3.63, 3.8) is 0 Å². The zero-order valence-corrected chi connectivity index (χ0v) is 22.5. The standard InChI is InChI=1S/C25H20F4N4O3S3/c26-14-7-9-15(10-8-14)33-22(35)20-21(32(24(37)39-20)12-16-4-3-11-36-16)31-23(33)38-13-19(34)30-18-6-2-1-5-17(18)25(27,28)29/h1-2,5-10,16H,3-4,11-13H2,(H,30,34)/t16-/m1/s1. The molecule has 2 aromatic carbocycles. The van der Waals surface area contributed by atoms with E-state index in [0.717, 1.165) is 48.1 Å². The summed E-state index contributed by atoms with van der Waals surface area (Å²) in [6.45, 7) is 1.04. The highest BCUT2D eigenvalue weighted by molar-refractivity contribution is 7.99. The third kappa shape index (κ3) is 5.93. The van der Waals surface area contributed by atoms with E-state index in [9.17, 15) is 27.2 Å². The maximum Gasteiger partial charge on any atom is 0.418 e. The molecule has 0 bridgehead atoms. The van der Waals surface area contributed by atoms with Crippen LogP contribution in [0.4, 0.5) is 23.2 Å². The van der Waals surface area contributed by atoms with E-state index >= 15 is 0 Å². The number of thiazole rings is 1. The Hall–Kier alpha value is -3.07. The first-order valence-corrected chi connectivity index (χ1v) is 14.0. The smallest absolute Gasteiger partial charge is 0.376 e. The van der Waals surface area contributed by atoms with E-state index in [4.69, 9.17) is 17.0 Å². The molecule has 3 heterocycles. The topological polar surface area (TPSA) is 78.2 Å². The Balaban J connectivity index is 1.51. The van der Waals surface area contributed by atoms with E-state index in [2.05, 4.69) is 10.3 Å². The summed E-state index contributed by atoms with van der Waals surface area (Å²) in [5.74, 6) is -1.57. The minimum Gasteiger partial charge on any atom is -0.376 e. The molecular formula is C25H20F4N4O3S3. The second kappa shape index (κ2) is 11.2. The Kier molecular flexibility index (Phi) is 7.89. The lowest BCUT2D eigenvalue weighted by molar-refractivity contribution is -0.137. The number of para-hydroxylation sites is 1. The predicted octanol–water partition coefficient (Wildman–Crippen LogP) is 6.05. The van der Waals surface area contributed by atoms with Crippen molar-refractivity contribution >= 4 is 57.3 Å². The molecule has 2 aromatic heterocycles. The monoisotopic (exact) mass is 596 g/mol. The number of ether oxygens (including phenoxy) is 1. The number of anilines is 1. The molecule has 4 aromatic rings. The number of thioether (sulfide) groups is 1. The van der Waals surface area contributed by atoms with Crippen LogP contribution in [-0.2, 0) is 22.3 Å². The number of hydrogen-bond donors (Lipinski definition) is 1. The highest BCUT2D eigenvalue weighted by Gasteiger charge is 2.33. The van der Waals surface area contributed by atoms with Crippen molar-refractivity contribution in [1.82, 2.24) is 14.1 Å². The SMILES string of the molecule is O=C(CSc1nc2c(sc(=S)n2C[C@H]2CCCO2)c(=O)n1-c1ccc(F)cc1)Nc1ccccc1C(F)(F)F. The number of nitrogens with one attached hydrogen (secondary N) is 1. The van der Waals surface area contributed by atoms with Crippen LogP contribution in [0.25, 0.3) is 16.0 Å². The van der Waals surface area contributed by atoms with Gasteiger partial charge in [-0.05, 0) is 61.5 Å². The largest absolute Gasteiger partial charge is 0.418 e. The highest BCUT2D eigenvalue weighted by atomic mass is 32.2. The first kappa shape index (κ1) is 27.5. The number of alkyl halides is 3. The fourth-order valence-electron chi connectivity index (χ4n) is 4.20. The van der Waals surface area contributed by atoms with Gasteiger partial charge in [0.15, 0.2) is 14.8 Å². The molecule has 204 valence electrons. The predicted molar refractivity (Wildman–Crippen MR) is 144 cm³/mol. The summed E-state index contributed by atoms with van der Waals surface area (Å²) in [5, 5.41) is 2.39. The van der Waals surface area contributed by atoms with Crippen molar-refractivity contribution in [2.45, 2.75) is 36.8 Å². The van der Waals surface area contributed by atoms with Gasteiger partial charge in [0.05, 0.1) is 35.3 Å². The average molecular weight is 597 g/mol. The van der Waals surface area contributed by atoms with Gasteiger partial charge in [-0.25, -0.2) is 9.37 Å². The van der Waals surface area contributed by atoms with E-state index in [0.29, 0.717) is 28.4 Å². The Bertz CT molecular complexity index is 1640. The summed E-state index contributed by atoms with van der Waals surface area (Å²) >= 11 is 7.48. The Morgan fingerprint density at radius 3 is 2.64 bits per heavy atom. The third-order valence-corrected chi connectivity index (χ3v) is 8.36. The maximum atomic E-state index is 13.6. The maximum absolute atomic E-state index is 13.6. The molecular weight excluding hydrogens is 576 g/mol. The second-order valence-electron chi connectivity index (χ2n) is 8.66. The normalized spacial score (nSPS) is 15.6. The number of hydrogen-bond acceptors (Lipinski definition) is 7. The Labute approximate surface area is 232 Å². The minimum absolute atomic E-state index is 0.0774. The molecule has 0 unspecified atom stereocenters. The van der Waals surface area contributed by atoms with Crippen molar-refractivity contribution in [3.05, 3.63) is 74.2 Å². The van der Waals surface area contributed by atoms with Crippen LogP contribution in [-0.4, -0.2) is 38.5 Å². The van der Waals surface area contributed by atoms with Gasteiger partial charge >= 0.3 is 6.18 Å². The number of amides is 1. The number of fused-ring (bicyclic) bond motifs is 1. The van der Waals surface area contributed by atoms with Crippen LogP contribution >= 0.6 is 35.3 Å². The van der Waals surface area contributed by atoms with Crippen molar-refractivity contribution in [3.8, 4) is 5.69 Å². The van der Waals surface area contributed by atoms with Crippen LogP contribution in [0, 0.1) is 9.77 Å². The fraction of sp³-hybridized carbons (Fsp3) is 0.280. The number of nitrogens with zero attached hydrogens (tertiary/aromatic N) is 3. The van der Waals surface area contributed by atoms with Crippen LogP contribution in [0.5, 0.6) is 0 Å². The summed E-state index contributed by atoms with van der Waals surface area (Å²) in [6, 6.07) is 9.82. The molecule has 0 aliphatic carbocycles. The highest BCUT2D eigenvalue weighted by Crippen LogP contribution is 2.35. The molecule has 1 aliphatic heterocycles. The molecule has 1 fully saturated rings. The second-order valence-corrected chi connectivity index (χ2v) is 11.2. The van der Waals surface area contributed by atoms with Gasteiger partial charge in [0, 0.05) is 6.61 Å². The van der Waals surface area contributed by atoms with Gasteiger partial charge in [-0.1, -0.05) is 35.2 Å². The first-order valence-electron chi connectivity index (χ1n) is 11.7. The molecule has 0 spiro atoms. The molecule has 1 atom stereocenters. The van der Waals surface area contributed by atoms with E-state index in [-0.39, 0.29) is 27.4 Å². The quantitative estimate of drug-likeness (QED) is 0.121. The van der Waals surface area contributed by atoms with Crippen LogP contribution in [0.2, 0.25) is 0 Å². The van der Waals surface area contributed by atoms with Gasteiger partial charge < -0.3 is 14.6 Å². The van der Waals surface area contributed by atoms with Crippen LogP contribution in [0.15, 0.2) is 58.5 Å². The molecule has 5 rings (SSSR count). The number of carbonyl (C=O) groups excluding carboxylic acids is 1. The molecule has 7 nitrogen and oxygen atoms in total. The summed E-state index contributed by atoms with van der Waals surface area (Å²) in [4.78, 5) is 31.0. The molecule has 39 heavy (non-hydrogen) atoms. The van der Waals surface area contributed by atoms with Crippen molar-refractivity contribution < 1.29 is 27.1 Å². The van der Waals surface area contributed by atoms with E-state index in [1.54, 1.807) is 4.57 Å². The molecule has 0 saturated carbocycles. The summed E-state index contributed by atoms with van der Waals surface area (Å²) in [6.07, 6.45) is -2.97. The zero-order chi connectivity index (χ0) is 27.7. The van der Waals surface area contributed by atoms with Crippen molar-refractivity contribution in [2.24, 2.45) is 0 Å². The van der Waals surface area contributed by atoms with E-state index < -0.39 is 29.0 Å². The molecule has 1 amide bonds. The van der Waals surface area contributed by atoms with Crippen LogP contribution in [0.1, 0.15) is 18.4 Å². The summed E-state index contributed by atoms with van der Waals surface area (Å²) < 4.78 is 63.1. The van der Waals surface area contributed by atoms with E-state index in [1.165, 1.54) is 41.0 Å². The lowest BCUT2D eigenvalue weighted by Gasteiger charge is -2.15. The van der Waals surface area contributed by atoms with Crippen LogP contribution < -0.4 is 10.9 Å². The van der Waals surface area contributed by atoms with Gasteiger partial charge in [0.2, 0.25) is 5.91 Å².